The molecule has 0 aromatic carbocycles. The highest BCUT2D eigenvalue weighted by atomic mass is 16.2. The molecule has 1 amide bonds. The molecule has 92 valence electrons. The quantitative estimate of drug-likeness (QED) is 0.581. The SMILES string of the molecule is C=C/C=C\C(C(=O)N(C)CCC)=C1\C=CNC1. The van der Waals surface area contributed by atoms with Crippen molar-refractivity contribution in [3.63, 3.8) is 0 Å². The van der Waals surface area contributed by atoms with Crippen molar-refractivity contribution in [2.75, 3.05) is 20.1 Å². The van der Waals surface area contributed by atoms with Crippen LogP contribution >= 0.6 is 0 Å². The number of nitrogens with one attached hydrogen (secondary N) is 1. The van der Waals surface area contributed by atoms with Crippen LogP contribution in [0.15, 0.2) is 48.2 Å². The number of carbonyl (C=O) groups excluding carboxylic acids is 1. The molecule has 0 saturated carbocycles. The summed E-state index contributed by atoms with van der Waals surface area (Å²) in [4.78, 5) is 14.0. The van der Waals surface area contributed by atoms with E-state index in [0.29, 0.717) is 6.54 Å². The minimum atomic E-state index is 0.0632. The van der Waals surface area contributed by atoms with Crippen LogP contribution in [0.1, 0.15) is 13.3 Å². The predicted octanol–water partition coefficient (Wildman–Crippen LogP) is 2.01. The average molecular weight is 232 g/mol. The molecule has 0 spiro atoms. The Morgan fingerprint density at radius 2 is 2.41 bits per heavy atom. The molecule has 1 aliphatic heterocycles. The molecule has 0 bridgehead atoms. The van der Waals surface area contributed by atoms with Crippen LogP contribution in [0.2, 0.25) is 0 Å². The first-order chi connectivity index (χ1) is 8.20. The van der Waals surface area contributed by atoms with E-state index in [1.165, 1.54) is 0 Å². The summed E-state index contributed by atoms with van der Waals surface area (Å²) in [5.41, 5.74) is 1.76. The number of allylic oxidation sites excluding steroid dienone is 2. The van der Waals surface area contributed by atoms with Gasteiger partial charge in [-0.1, -0.05) is 25.7 Å². The monoisotopic (exact) mass is 232 g/mol. The Balaban J connectivity index is 2.94. The van der Waals surface area contributed by atoms with Crippen molar-refractivity contribution in [1.82, 2.24) is 10.2 Å². The Labute approximate surface area is 103 Å². The highest BCUT2D eigenvalue weighted by molar-refractivity contribution is 5.97. The van der Waals surface area contributed by atoms with E-state index in [9.17, 15) is 4.79 Å². The lowest BCUT2D eigenvalue weighted by atomic mass is 10.1. The molecule has 3 heteroatoms. The van der Waals surface area contributed by atoms with Gasteiger partial charge in [0.25, 0.3) is 5.91 Å². The highest BCUT2D eigenvalue weighted by Gasteiger charge is 2.16. The Morgan fingerprint density at radius 1 is 1.65 bits per heavy atom. The fraction of sp³-hybridized carbons (Fsp3) is 0.357. The first kappa shape index (κ1) is 13.3. The van der Waals surface area contributed by atoms with Gasteiger partial charge in [0.15, 0.2) is 0 Å². The van der Waals surface area contributed by atoms with Crippen LogP contribution in [0.25, 0.3) is 0 Å². The summed E-state index contributed by atoms with van der Waals surface area (Å²) >= 11 is 0. The molecule has 0 unspecified atom stereocenters. The van der Waals surface area contributed by atoms with Gasteiger partial charge in [0.1, 0.15) is 0 Å². The van der Waals surface area contributed by atoms with E-state index in [2.05, 4.69) is 18.8 Å². The van der Waals surface area contributed by atoms with Crippen molar-refractivity contribution in [2.24, 2.45) is 0 Å². The van der Waals surface area contributed by atoms with Gasteiger partial charge in [-0.05, 0) is 30.3 Å². The van der Waals surface area contributed by atoms with Crippen LogP contribution in [0.4, 0.5) is 0 Å². The maximum Gasteiger partial charge on any atom is 0.253 e. The lowest BCUT2D eigenvalue weighted by Crippen LogP contribution is -2.29. The van der Waals surface area contributed by atoms with Crippen molar-refractivity contribution >= 4 is 5.91 Å². The minimum absolute atomic E-state index is 0.0632. The summed E-state index contributed by atoms with van der Waals surface area (Å²) in [6.07, 6.45) is 10.1. The van der Waals surface area contributed by atoms with Crippen LogP contribution in [0, 0.1) is 0 Å². The summed E-state index contributed by atoms with van der Waals surface area (Å²) in [6, 6.07) is 0. The Hall–Kier alpha value is -1.77. The Bertz CT molecular complexity index is 378. The van der Waals surface area contributed by atoms with Gasteiger partial charge < -0.3 is 10.2 Å². The topological polar surface area (TPSA) is 32.3 Å². The Kier molecular flexibility index (Phi) is 5.27. The molecular formula is C14H20N2O. The van der Waals surface area contributed by atoms with Gasteiger partial charge in [-0.2, -0.15) is 0 Å². The first-order valence-electron chi connectivity index (χ1n) is 5.88. The van der Waals surface area contributed by atoms with Crippen LogP contribution in [-0.2, 0) is 4.79 Å². The van der Waals surface area contributed by atoms with Crippen LogP contribution in [0.3, 0.4) is 0 Å². The molecule has 0 aromatic rings. The van der Waals surface area contributed by atoms with Gasteiger partial charge in [-0.15, -0.1) is 0 Å². The zero-order chi connectivity index (χ0) is 12.7. The Morgan fingerprint density at radius 3 is 2.94 bits per heavy atom. The second-order valence-corrected chi connectivity index (χ2v) is 3.97. The second-order valence-electron chi connectivity index (χ2n) is 3.97. The number of amides is 1. The number of carbonyl (C=O) groups is 1. The van der Waals surface area contributed by atoms with E-state index in [-0.39, 0.29) is 5.91 Å². The molecule has 0 aliphatic carbocycles. The predicted molar refractivity (Wildman–Crippen MR) is 71.4 cm³/mol. The second kappa shape index (κ2) is 6.74. The zero-order valence-corrected chi connectivity index (χ0v) is 10.6. The van der Waals surface area contributed by atoms with E-state index in [4.69, 9.17) is 0 Å². The van der Waals surface area contributed by atoms with Crippen LogP contribution in [-0.4, -0.2) is 30.9 Å². The molecule has 1 N–H and O–H groups in total. The van der Waals surface area contributed by atoms with Crippen molar-refractivity contribution in [3.8, 4) is 0 Å². The third-order valence-electron chi connectivity index (χ3n) is 2.58. The van der Waals surface area contributed by atoms with Gasteiger partial charge >= 0.3 is 0 Å². The molecule has 0 atom stereocenters. The fourth-order valence-electron chi connectivity index (χ4n) is 1.69. The molecule has 0 radical (unpaired) electrons. The number of rotatable bonds is 5. The molecular weight excluding hydrogens is 212 g/mol. The van der Waals surface area contributed by atoms with Gasteiger partial charge in [0, 0.05) is 25.7 Å². The van der Waals surface area contributed by atoms with Crippen molar-refractivity contribution < 1.29 is 4.79 Å². The lowest BCUT2D eigenvalue weighted by molar-refractivity contribution is -0.125. The van der Waals surface area contributed by atoms with Gasteiger partial charge in [0.05, 0.1) is 0 Å². The fourth-order valence-corrected chi connectivity index (χ4v) is 1.69. The molecule has 1 aliphatic rings. The van der Waals surface area contributed by atoms with E-state index in [1.807, 2.05) is 25.4 Å². The molecule has 1 heterocycles. The van der Waals surface area contributed by atoms with E-state index in [0.717, 1.165) is 24.1 Å². The standard InChI is InChI=1S/C14H20N2O/c1-4-6-7-13(12-8-9-15-11-12)14(17)16(3)10-5-2/h4,6-9,15H,1,5,10-11H2,2-3H3/b7-6-,13-12+. The largest absolute Gasteiger partial charge is 0.387 e. The normalized spacial score (nSPS) is 17.1. The third kappa shape index (κ3) is 3.63. The highest BCUT2D eigenvalue weighted by Crippen LogP contribution is 2.14. The summed E-state index contributed by atoms with van der Waals surface area (Å²) in [5, 5.41) is 3.09. The maximum absolute atomic E-state index is 12.2. The smallest absolute Gasteiger partial charge is 0.253 e. The minimum Gasteiger partial charge on any atom is -0.387 e. The molecule has 0 saturated heterocycles. The van der Waals surface area contributed by atoms with Crippen molar-refractivity contribution in [2.45, 2.75) is 13.3 Å². The van der Waals surface area contributed by atoms with Crippen molar-refractivity contribution in [1.29, 1.82) is 0 Å². The number of nitrogens with zero attached hydrogens (tertiary/aromatic N) is 1. The third-order valence-corrected chi connectivity index (χ3v) is 2.58. The van der Waals surface area contributed by atoms with E-state index >= 15 is 0 Å². The lowest BCUT2D eigenvalue weighted by Gasteiger charge is -2.17. The summed E-state index contributed by atoms with van der Waals surface area (Å²) in [6.45, 7) is 7.18. The first-order valence-corrected chi connectivity index (χ1v) is 5.88. The molecule has 1 rings (SSSR count). The molecule has 17 heavy (non-hydrogen) atoms. The summed E-state index contributed by atoms with van der Waals surface area (Å²) in [5.74, 6) is 0.0632. The number of hydrogen-bond acceptors (Lipinski definition) is 2. The van der Waals surface area contributed by atoms with Crippen LogP contribution in [0.5, 0.6) is 0 Å². The molecule has 0 fully saturated rings. The van der Waals surface area contributed by atoms with Crippen LogP contribution < -0.4 is 5.32 Å². The zero-order valence-electron chi connectivity index (χ0n) is 10.6. The molecule has 3 nitrogen and oxygen atoms in total. The molecule has 0 aromatic heterocycles. The van der Waals surface area contributed by atoms with E-state index < -0.39 is 0 Å². The number of likely N-dealkylation sites (N-methyl/N-ethyl adjacent to an activating group) is 1. The average Bonchev–Trinajstić information content (AvgIpc) is 2.83. The van der Waals surface area contributed by atoms with Gasteiger partial charge in [-0.3, -0.25) is 4.79 Å². The van der Waals surface area contributed by atoms with E-state index in [1.54, 1.807) is 17.1 Å². The van der Waals surface area contributed by atoms with Gasteiger partial charge in [-0.25, -0.2) is 0 Å². The summed E-state index contributed by atoms with van der Waals surface area (Å²) < 4.78 is 0. The maximum atomic E-state index is 12.2. The number of hydrogen-bond donors (Lipinski definition) is 1. The van der Waals surface area contributed by atoms with Gasteiger partial charge in [0.2, 0.25) is 0 Å². The van der Waals surface area contributed by atoms with Crippen molar-refractivity contribution in [3.05, 3.63) is 48.2 Å². The summed E-state index contributed by atoms with van der Waals surface area (Å²) in [7, 11) is 1.83.